The molecule has 0 saturated heterocycles. The van der Waals surface area contributed by atoms with Crippen LogP contribution in [0.1, 0.15) is 40.0 Å². The van der Waals surface area contributed by atoms with Crippen molar-refractivity contribution < 1.29 is 15.0 Å². The minimum Gasteiger partial charge on any atom is -0.480 e. The molecule has 0 radical (unpaired) electrons. The average Bonchev–Trinajstić information content (AvgIpc) is 2.03. The van der Waals surface area contributed by atoms with E-state index < -0.39 is 11.5 Å². The Kier molecular flexibility index (Phi) is 5.72. The predicted octanol–water partition coefficient (Wildman–Crippen LogP) is 0.990. The number of rotatable bonds is 7. The number of aliphatic hydroxyl groups is 1. The third-order valence-corrected chi connectivity index (χ3v) is 2.30. The van der Waals surface area contributed by atoms with E-state index in [0.717, 1.165) is 6.42 Å². The summed E-state index contributed by atoms with van der Waals surface area (Å²) < 4.78 is 0. The van der Waals surface area contributed by atoms with E-state index in [1.165, 1.54) is 0 Å². The fourth-order valence-corrected chi connectivity index (χ4v) is 1.33. The lowest BCUT2D eigenvalue weighted by molar-refractivity contribution is -0.144. The smallest absolute Gasteiger partial charge is 0.323 e. The lowest BCUT2D eigenvalue weighted by Gasteiger charge is -2.26. The highest BCUT2D eigenvalue weighted by Crippen LogP contribution is 2.12. The minimum atomic E-state index is -0.857. The minimum absolute atomic E-state index is 0.387. The van der Waals surface area contributed by atoms with Gasteiger partial charge in [-0.2, -0.15) is 0 Å². The van der Waals surface area contributed by atoms with Gasteiger partial charge in [0.05, 0.1) is 6.10 Å². The molecule has 0 fully saturated rings. The van der Waals surface area contributed by atoms with Crippen molar-refractivity contribution in [1.82, 2.24) is 5.32 Å². The summed E-state index contributed by atoms with van der Waals surface area (Å²) in [5, 5.41) is 21.0. The largest absolute Gasteiger partial charge is 0.480 e. The van der Waals surface area contributed by atoms with Crippen molar-refractivity contribution in [1.29, 1.82) is 0 Å². The quantitative estimate of drug-likeness (QED) is 0.577. The molecule has 3 N–H and O–H groups in total. The van der Waals surface area contributed by atoms with Crippen LogP contribution >= 0.6 is 0 Å². The molecule has 0 aromatic rings. The Labute approximate surface area is 85.3 Å². The number of hydrogen-bond donors (Lipinski definition) is 3. The summed E-state index contributed by atoms with van der Waals surface area (Å²) in [6, 6.07) is 0. The number of carbonyl (C=O) groups is 1. The standard InChI is InChI=1S/C10H21NO3/c1-4-6-10(3,9(13)14)11-7-5-8(2)12/h8,11-12H,4-7H2,1-3H3,(H,13,14). The van der Waals surface area contributed by atoms with Crippen LogP contribution in [0.2, 0.25) is 0 Å². The van der Waals surface area contributed by atoms with E-state index in [2.05, 4.69) is 5.32 Å². The molecule has 0 aliphatic rings. The monoisotopic (exact) mass is 203 g/mol. The van der Waals surface area contributed by atoms with Crippen LogP contribution in [-0.2, 0) is 4.79 Å². The highest BCUT2D eigenvalue weighted by Gasteiger charge is 2.30. The van der Waals surface area contributed by atoms with Crippen molar-refractivity contribution in [3.05, 3.63) is 0 Å². The molecule has 84 valence electrons. The second-order valence-corrected chi connectivity index (χ2v) is 3.95. The molecule has 0 aliphatic heterocycles. The summed E-state index contributed by atoms with van der Waals surface area (Å²) in [5.74, 6) is -0.829. The van der Waals surface area contributed by atoms with Crippen LogP contribution in [0.25, 0.3) is 0 Å². The molecular formula is C10H21NO3. The molecule has 0 rings (SSSR count). The van der Waals surface area contributed by atoms with E-state index >= 15 is 0 Å². The van der Waals surface area contributed by atoms with Crippen LogP contribution < -0.4 is 5.32 Å². The molecule has 0 spiro atoms. The van der Waals surface area contributed by atoms with Gasteiger partial charge < -0.3 is 15.5 Å². The Morgan fingerprint density at radius 3 is 2.50 bits per heavy atom. The van der Waals surface area contributed by atoms with Gasteiger partial charge in [-0.15, -0.1) is 0 Å². The lowest BCUT2D eigenvalue weighted by atomic mass is 9.96. The van der Waals surface area contributed by atoms with E-state index in [4.69, 9.17) is 10.2 Å². The first-order valence-corrected chi connectivity index (χ1v) is 5.09. The molecule has 0 aromatic carbocycles. The maximum absolute atomic E-state index is 11.0. The Morgan fingerprint density at radius 2 is 2.14 bits per heavy atom. The predicted molar refractivity (Wildman–Crippen MR) is 55.2 cm³/mol. The van der Waals surface area contributed by atoms with Crippen molar-refractivity contribution >= 4 is 5.97 Å². The van der Waals surface area contributed by atoms with Gasteiger partial charge in [0.25, 0.3) is 0 Å². The zero-order valence-electron chi connectivity index (χ0n) is 9.21. The van der Waals surface area contributed by atoms with Crippen molar-refractivity contribution in [3.8, 4) is 0 Å². The molecule has 4 nitrogen and oxygen atoms in total. The third-order valence-electron chi connectivity index (χ3n) is 2.30. The molecule has 2 unspecified atom stereocenters. The molecule has 0 bridgehead atoms. The number of aliphatic hydroxyl groups excluding tert-OH is 1. The second-order valence-electron chi connectivity index (χ2n) is 3.95. The fraction of sp³-hybridized carbons (Fsp3) is 0.900. The molecule has 14 heavy (non-hydrogen) atoms. The zero-order chi connectivity index (χ0) is 11.2. The summed E-state index contributed by atoms with van der Waals surface area (Å²) in [5.41, 5.74) is -0.857. The van der Waals surface area contributed by atoms with Gasteiger partial charge in [-0.05, 0) is 33.2 Å². The summed E-state index contributed by atoms with van der Waals surface area (Å²) >= 11 is 0. The lowest BCUT2D eigenvalue weighted by Crippen LogP contribution is -2.50. The Hall–Kier alpha value is -0.610. The molecule has 0 aromatic heterocycles. The van der Waals surface area contributed by atoms with Gasteiger partial charge in [-0.1, -0.05) is 13.3 Å². The average molecular weight is 203 g/mol. The third kappa shape index (κ3) is 4.58. The van der Waals surface area contributed by atoms with E-state index in [-0.39, 0.29) is 6.10 Å². The van der Waals surface area contributed by atoms with Crippen molar-refractivity contribution in [2.24, 2.45) is 0 Å². The van der Waals surface area contributed by atoms with E-state index in [1.807, 2.05) is 6.92 Å². The van der Waals surface area contributed by atoms with Crippen molar-refractivity contribution in [2.45, 2.75) is 51.7 Å². The Morgan fingerprint density at radius 1 is 1.57 bits per heavy atom. The molecule has 0 amide bonds. The zero-order valence-corrected chi connectivity index (χ0v) is 9.21. The summed E-state index contributed by atoms with van der Waals surface area (Å²) in [7, 11) is 0. The van der Waals surface area contributed by atoms with Gasteiger partial charge in [0.2, 0.25) is 0 Å². The highest BCUT2D eigenvalue weighted by atomic mass is 16.4. The Balaban J connectivity index is 4.03. The number of carboxylic acid groups (broad SMARTS) is 1. The molecule has 2 atom stereocenters. The summed E-state index contributed by atoms with van der Waals surface area (Å²) in [6.45, 7) is 5.86. The fourth-order valence-electron chi connectivity index (χ4n) is 1.33. The van der Waals surface area contributed by atoms with Crippen molar-refractivity contribution in [3.63, 3.8) is 0 Å². The molecule has 0 saturated carbocycles. The maximum Gasteiger partial charge on any atom is 0.323 e. The number of nitrogens with one attached hydrogen (secondary N) is 1. The second kappa shape index (κ2) is 5.98. The first-order valence-electron chi connectivity index (χ1n) is 5.09. The summed E-state index contributed by atoms with van der Waals surface area (Å²) in [4.78, 5) is 11.0. The first-order chi connectivity index (χ1) is 6.42. The topological polar surface area (TPSA) is 69.6 Å². The van der Waals surface area contributed by atoms with E-state index in [9.17, 15) is 4.79 Å². The van der Waals surface area contributed by atoms with Gasteiger partial charge >= 0.3 is 5.97 Å². The first kappa shape index (κ1) is 13.4. The number of carboxylic acids is 1. The molecule has 4 heteroatoms. The van der Waals surface area contributed by atoms with Gasteiger partial charge in [0, 0.05) is 0 Å². The van der Waals surface area contributed by atoms with E-state index in [0.29, 0.717) is 19.4 Å². The Bertz CT molecular complexity index is 182. The molecular weight excluding hydrogens is 182 g/mol. The highest BCUT2D eigenvalue weighted by molar-refractivity contribution is 5.78. The van der Waals surface area contributed by atoms with Crippen LogP contribution in [-0.4, -0.2) is 34.4 Å². The SMILES string of the molecule is CCCC(C)(NCCC(C)O)C(=O)O. The molecule has 0 aliphatic carbocycles. The van der Waals surface area contributed by atoms with Gasteiger partial charge in [0.1, 0.15) is 5.54 Å². The van der Waals surface area contributed by atoms with E-state index in [1.54, 1.807) is 13.8 Å². The normalized spacial score (nSPS) is 17.4. The van der Waals surface area contributed by atoms with Crippen LogP contribution in [0.4, 0.5) is 0 Å². The van der Waals surface area contributed by atoms with Gasteiger partial charge in [0.15, 0.2) is 0 Å². The number of aliphatic carboxylic acids is 1. The van der Waals surface area contributed by atoms with Crippen molar-refractivity contribution in [2.75, 3.05) is 6.54 Å². The van der Waals surface area contributed by atoms with Gasteiger partial charge in [-0.25, -0.2) is 0 Å². The molecule has 0 heterocycles. The maximum atomic E-state index is 11.0. The van der Waals surface area contributed by atoms with Crippen LogP contribution in [0, 0.1) is 0 Å². The van der Waals surface area contributed by atoms with Crippen LogP contribution in [0.5, 0.6) is 0 Å². The number of hydrogen-bond acceptors (Lipinski definition) is 3. The summed E-state index contributed by atoms with van der Waals surface area (Å²) in [6.07, 6.45) is 1.61. The van der Waals surface area contributed by atoms with Gasteiger partial charge in [-0.3, -0.25) is 4.79 Å². The van der Waals surface area contributed by atoms with Crippen LogP contribution in [0.15, 0.2) is 0 Å². The van der Waals surface area contributed by atoms with Crippen LogP contribution in [0.3, 0.4) is 0 Å².